The summed E-state index contributed by atoms with van der Waals surface area (Å²) in [6, 6.07) is 0. The van der Waals surface area contributed by atoms with E-state index in [0.717, 1.165) is 6.42 Å². The fraction of sp³-hybridized carbons (Fsp3) is 0.889. The third kappa shape index (κ3) is 2.62. The van der Waals surface area contributed by atoms with E-state index in [9.17, 15) is 4.79 Å². The first kappa shape index (κ1) is 10.6. The molecular weight excluding hydrogens is 138 g/mol. The molecule has 2 heteroatoms. The van der Waals surface area contributed by atoms with Crippen LogP contribution in [-0.2, 0) is 4.79 Å². The Bertz CT molecular complexity index is 140. The van der Waals surface area contributed by atoms with Crippen LogP contribution in [0, 0.1) is 5.92 Å². The average molecular weight is 157 g/mol. The van der Waals surface area contributed by atoms with E-state index in [4.69, 9.17) is 0 Å². The van der Waals surface area contributed by atoms with Gasteiger partial charge >= 0.3 is 0 Å². The van der Waals surface area contributed by atoms with Gasteiger partial charge in [0.15, 0.2) is 0 Å². The molecule has 0 aliphatic rings. The second-order valence-electron chi connectivity index (χ2n) is 3.54. The molecule has 1 atom stereocenters. The number of rotatable bonds is 4. The Labute approximate surface area is 69.4 Å². The molecule has 0 aromatic heterocycles. The van der Waals surface area contributed by atoms with Gasteiger partial charge in [-0.1, -0.05) is 6.92 Å². The second kappa shape index (κ2) is 3.86. The average Bonchev–Trinajstić information content (AvgIpc) is 1.88. The first-order valence-corrected chi connectivity index (χ1v) is 4.15. The van der Waals surface area contributed by atoms with Gasteiger partial charge in [0.25, 0.3) is 0 Å². The number of carbonyl (C=O) groups is 1. The van der Waals surface area contributed by atoms with Crippen LogP contribution in [0.5, 0.6) is 0 Å². The number of nitrogens with one attached hydrogen (secondary N) is 1. The molecule has 11 heavy (non-hydrogen) atoms. The van der Waals surface area contributed by atoms with Crippen LogP contribution < -0.4 is 5.32 Å². The van der Waals surface area contributed by atoms with E-state index >= 15 is 0 Å². The van der Waals surface area contributed by atoms with E-state index in [1.54, 1.807) is 6.92 Å². The van der Waals surface area contributed by atoms with Crippen LogP contribution in [0.2, 0.25) is 0 Å². The molecule has 0 saturated heterocycles. The smallest absolute Gasteiger partial charge is 0.134 e. The van der Waals surface area contributed by atoms with Crippen molar-refractivity contribution in [2.24, 2.45) is 5.92 Å². The number of carbonyl (C=O) groups excluding carboxylic acids is 1. The summed E-state index contributed by atoms with van der Waals surface area (Å²) in [7, 11) is 1.89. The van der Waals surface area contributed by atoms with Crippen LogP contribution in [0.25, 0.3) is 0 Å². The summed E-state index contributed by atoms with van der Waals surface area (Å²) in [4.78, 5) is 11.1. The predicted molar refractivity (Wildman–Crippen MR) is 47.6 cm³/mol. The summed E-state index contributed by atoms with van der Waals surface area (Å²) in [5.41, 5.74) is -0.0689. The second-order valence-corrected chi connectivity index (χ2v) is 3.54. The largest absolute Gasteiger partial charge is 0.314 e. The molecule has 1 unspecified atom stereocenters. The SMILES string of the molecule is CCC(C(C)=O)C(C)(C)NC. The maximum Gasteiger partial charge on any atom is 0.134 e. The van der Waals surface area contributed by atoms with Crippen molar-refractivity contribution in [3.05, 3.63) is 0 Å². The molecule has 0 aliphatic heterocycles. The van der Waals surface area contributed by atoms with Gasteiger partial charge in [0.2, 0.25) is 0 Å². The van der Waals surface area contributed by atoms with Gasteiger partial charge in [-0.2, -0.15) is 0 Å². The topological polar surface area (TPSA) is 29.1 Å². The summed E-state index contributed by atoms with van der Waals surface area (Å²) in [6.07, 6.45) is 0.906. The molecule has 0 aromatic rings. The number of Topliss-reactive ketones (excluding diaryl/α,β-unsaturated/α-hetero) is 1. The van der Waals surface area contributed by atoms with Gasteiger partial charge < -0.3 is 5.32 Å². The molecule has 0 bridgehead atoms. The zero-order valence-electron chi connectivity index (χ0n) is 8.19. The minimum Gasteiger partial charge on any atom is -0.314 e. The molecule has 0 fully saturated rings. The highest BCUT2D eigenvalue weighted by Gasteiger charge is 2.29. The Balaban J connectivity index is 4.36. The first-order chi connectivity index (χ1) is 4.95. The highest BCUT2D eigenvalue weighted by molar-refractivity contribution is 5.79. The molecule has 66 valence electrons. The summed E-state index contributed by atoms with van der Waals surface area (Å²) < 4.78 is 0. The number of hydrogen-bond acceptors (Lipinski definition) is 2. The molecule has 0 rings (SSSR count). The normalized spacial score (nSPS) is 14.6. The lowest BCUT2D eigenvalue weighted by Crippen LogP contribution is -2.46. The quantitative estimate of drug-likeness (QED) is 0.671. The van der Waals surface area contributed by atoms with E-state index < -0.39 is 0 Å². The Kier molecular flexibility index (Phi) is 3.73. The molecule has 0 aliphatic carbocycles. The molecule has 2 nitrogen and oxygen atoms in total. The van der Waals surface area contributed by atoms with Gasteiger partial charge in [-0.3, -0.25) is 4.79 Å². The first-order valence-electron chi connectivity index (χ1n) is 4.15. The fourth-order valence-corrected chi connectivity index (χ4v) is 1.48. The van der Waals surface area contributed by atoms with Crippen LogP contribution in [-0.4, -0.2) is 18.4 Å². The van der Waals surface area contributed by atoms with Gasteiger partial charge in [-0.25, -0.2) is 0 Å². The van der Waals surface area contributed by atoms with Gasteiger partial charge in [0, 0.05) is 11.5 Å². The Morgan fingerprint density at radius 1 is 1.55 bits per heavy atom. The minimum atomic E-state index is -0.0689. The number of ketones is 1. The monoisotopic (exact) mass is 157 g/mol. The third-order valence-corrected chi connectivity index (χ3v) is 2.41. The fourth-order valence-electron chi connectivity index (χ4n) is 1.48. The van der Waals surface area contributed by atoms with Gasteiger partial charge in [0.1, 0.15) is 5.78 Å². The van der Waals surface area contributed by atoms with E-state index in [2.05, 4.69) is 19.2 Å². The van der Waals surface area contributed by atoms with Gasteiger partial charge in [0.05, 0.1) is 0 Å². The van der Waals surface area contributed by atoms with Crippen molar-refractivity contribution < 1.29 is 4.79 Å². The van der Waals surface area contributed by atoms with Crippen LogP contribution in [0.15, 0.2) is 0 Å². The van der Waals surface area contributed by atoms with E-state index in [-0.39, 0.29) is 17.2 Å². The summed E-state index contributed by atoms with van der Waals surface area (Å²) in [6.45, 7) is 7.82. The van der Waals surface area contributed by atoms with Crippen LogP contribution in [0.4, 0.5) is 0 Å². The van der Waals surface area contributed by atoms with Crippen molar-refractivity contribution in [2.45, 2.75) is 39.7 Å². The Hall–Kier alpha value is -0.370. The van der Waals surface area contributed by atoms with Crippen molar-refractivity contribution >= 4 is 5.78 Å². The molecule has 1 N–H and O–H groups in total. The summed E-state index contributed by atoms with van der Waals surface area (Å²) >= 11 is 0. The van der Waals surface area contributed by atoms with E-state index in [0.29, 0.717) is 0 Å². The molecule has 0 aromatic carbocycles. The van der Waals surface area contributed by atoms with E-state index in [1.165, 1.54) is 0 Å². The van der Waals surface area contributed by atoms with Crippen molar-refractivity contribution in [3.8, 4) is 0 Å². The van der Waals surface area contributed by atoms with Crippen LogP contribution in [0.3, 0.4) is 0 Å². The molecule has 0 saturated carbocycles. The summed E-state index contributed by atoms with van der Waals surface area (Å²) in [5, 5.41) is 3.15. The lowest BCUT2D eigenvalue weighted by Gasteiger charge is -2.31. The summed E-state index contributed by atoms with van der Waals surface area (Å²) in [5.74, 6) is 0.402. The highest BCUT2D eigenvalue weighted by Crippen LogP contribution is 2.20. The van der Waals surface area contributed by atoms with E-state index in [1.807, 2.05) is 14.0 Å². The molecule has 0 amide bonds. The predicted octanol–water partition coefficient (Wildman–Crippen LogP) is 1.60. The third-order valence-electron chi connectivity index (χ3n) is 2.41. The molecular formula is C9H19NO. The Morgan fingerprint density at radius 3 is 2.09 bits per heavy atom. The van der Waals surface area contributed by atoms with Crippen molar-refractivity contribution in [2.75, 3.05) is 7.05 Å². The van der Waals surface area contributed by atoms with Crippen molar-refractivity contribution in [1.29, 1.82) is 0 Å². The highest BCUT2D eigenvalue weighted by atomic mass is 16.1. The zero-order valence-corrected chi connectivity index (χ0v) is 8.19. The van der Waals surface area contributed by atoms with Crippen molar-refractivity contribution in [3.63, 3.8) is 0 Å². The Morgan fingerprint density at radius 2 is 2.00 bits per heavy atom. The van der Waals surface area contributed by atoms with Crippen molar-refractivity contribution in [1.82, 2.24) is 5.32 Å². The maximum atomic E-state index is 11.1. The van der Waals surface area contributed by atoms with Gasteiger partial charge in [-0.15, -0.1) is 0 Å². The van der Waals surface area contributed by atoms with Gasteiger partial charge in [-0.05, 0) is 34.2 Å². The minimum absolute atomic E-state index is 0.0689. The lowest BCUT2D eigenvalue weighted by molar-refractivity contribution is -0.122. The molecule has 0 heterocycles. The molecule has 0 radical (unpaired) electrons. The standard InChI is InChI=1S/C9H19NO/c1-6-8(7(2)11)9(3,4)10-5/h8,10H,6H2,1-5H3. The number of hydrogen-bond donors (Lipinski definition) is 1. The maximum absolute atomic E-state index is 11.1. The van der Waals surface area contributed by atoms with Crippen LogP contribution in [0.1, 0.15) is 34.1 Å². The molecule has 0 spiro atoms. The zero-order chi connectivity index (χ0) is 9.07. The van der Waals surface area contributed by atoms with Crippen LogP contribution >= 0.6 is 0 Å². The lowest BCUT2D eigenvalue weighted by atomic mass is 9.83.